The highest BCUT2D eigenvalue weighted by molar-refractivity contribution is 5.70. The molecule has 0 aliphatic heterocycles. The lowest BCUT2D eigenvalue weighted by Crippen LogP contribution is -2.29. The second-order valence-corrected chi connectivity index (χ2v) is 4.88. The molecule has 0 aromatic carbocycles. The minimum absolute atomic E-state index is 0.0778. The Morgan fingerprint density at radius 2 is 2.37 bits per heavy atom. The maximum Gasteiger partial charge on any atom is 0.306 e. The maximum atomic E-state index is 11.9. The summed E-state index contributed by atoms with van der Waals surface area (Å²) in [6.45, 7) is 2.98. The largest absolute Gasteiger partial charge is 0.481 e. The van der Waals surface area contributed by atoms with Crippen molar-refractivity contribution in [3.63, 3.8) is 0 Å². The Hall–Kier alpha value is -1.85. The van der Waals surface area contributed by atoms with Crippen molar-refractivity contribution in [3.05, 3.63) is 22.7 Å². The molecule has 1 aromatic heterocycles. The number of aromatic nitrogens is 2. The zero-order valence-electron chi connectivity index (χ0n) is 11.0. The topological polar surface area (TPSA) is 84.2 Å². The molecule has 1 saturated carbocycles. The first kappa shape index (κ1) is 13.6. The summed E-state index contributed by atoms with van der Waals surface area (Å²) >= 11 is 0. The van der Waals surface area contributed by atoms with Gasteiger partial charge in [0.1, 0.15) is 0 Å². The number of carboxylic acid groups (broad SMARTS) is 1. The molecule has 1 aromatic rings. The molecule has 104 valence electrons. The van der Waals surface area contributed by atoms with Crippen LogP contribution in [0.25, 0.3) is 0 Å². The van der Waals surface area contributed by atoms with Crippen molar-refractivity contribution in [1.29, 1.82) is 0 Å². The van der Waals surface area contributed by atoms with Crippen LogP contribution >= 0.6 is 0 Å². The van der Waals surface area contributed by atoms with Crippen LogP contribution in [0, 0.1) is 11.8 Å². The van der Waals surface area contributed by atoms with E-state index < -0.39 is 5.97 Å². The maximum absolute atomic E-state index is 11.9. The van der Waals surface area contributed by atoms with E-state index >= 15 is 0 Å². The van der Waals surface area contributed by atoms with Gasteiger partial charge in [0, 0.05) is 25.5 Å². The average molecular weight is 265 g/mol. The molecular weight excluding hydrogens is 246 g/mol. The van der Waals surface area contributed by atoms with E-state index in [2.05, 4.69) is 10.3 Å². The molecule has 2 N–H and O–H groups in total. The van der Waals surface area contributed by atoms with Crippen LogP contribution in [0.5, 0.6) is 0 Å². The Kier molecular flexibility index (Phi) is 4.19. The fourth-order valence-corrected chi connectivity index (χ4v) is 2.65. The van der Waals surface area contributed by atoms with E-state index in [4.69, 9.17) is 5.11 Å². The van der Waals surface area contributed by atoms with E-state index in [1.54, 1.807) is 17.0 Å². The Bertz CT molecular complexity index is 512. The van der Waals surface area contributed by atoms with E-state index in [-0.39, 0.29) is 17.4 Å². The number of hydrogen-bond acceptors (Lipinski definition) is 4. The average Bonchev–Trinajstić information content (AvgIpc) is 2.86. The third-order valence-corrected chi connectivity index (χ3v) is 3.76. The molecular formula is C13H19N3O3. The van der Waals surface area contributed by atoms with E-state index in [0.29, 0.717) is 18.9 Å². The van der Waals surface area contributed by atoms with Crippen LogP contribution < -0.4 is 10.9 Å². The third-order valence-electron chi connectivity index (χ3n) is 3.76. The molecule has 6 nitrogen and oxygen atoms in total. The highest BCUT2D eigenvalue weighted by Crippen LogP contribution is 2.31. The summed E-state index contributed by atoms with van der Waals surface area (Å²) in [5.41, 5.74) is -0.158. The Morgan fingerprint density at radius 3 is 3.05 bits per heavy atom. The van der Waals surface area contributed by atoms with Crippen molar-refractivity contribution in [2.75, 3.05) is 11.9 Å². The SMILES string of the molecule is CCn1ccnc(NCC2CCCC2C(=O)O)c1=O. The molecule has 2 unspecified atom stereocenters. The van der Waals surface area contributed by atoms with Crippen molar-refractivity contribution in [2.45, 2.75) is 32.7 Å². The molecule has 2 rings (SSSR count). The monoisotopic (exact) mass is 265 g/mol. The smallest absolute Gasteiger partial charge is 0.306 e. The number of nitrogens with one attached hydrogen (secondary N) is 1. The molecule has 1 aliphatic rings. The van der Waals surface area contributed by atoms with E-state index in [9.17, 15) is 9.59 Å². The molecule has 0 amide bonds. The standard InChI is InChI=1S/C13H19N3O3/c1-2-16-7-6-14-11(12(16)17)15-8-9-4-3-5-10(9)13(18)19/h6-7,9-10H,2-5,8H2,1H3,(H,14,15)(H,18,19). The number of anilines is 1. The summed E-state index contributed by atoms with van der Waals surface area (Å²) in [5, 5.41) is 12.1. The summed E-state index contributed by atoms with van der Waals surface area (Å²) in [4.78, 5) is 27.0. The van der Waals surface area contributed by atoms with E-state index in [1.807, 2.05) is 6.92 Å². The van der Waals surface area contributed by atoms with Gasteiger partial charge in [0.2, 0.25) is 0 Å². The van der Waals surface area contributed by atoms with Gasteiger partial charge in [-0.15, -0.1) is 0 Å². The van der Waals surface area contributed by atoms with Crippen LogP contribution in [0.4, 0.5) is 5.82 Å². The highest BCUT2D eigenvalue weighted by Gasteiger charge is 2.32. The number of aliphatic carboxylic acids is 1. The zero-order valence-corrected chi connectivity index (χ0v) is 11.0. The van der Waals surface area contributed by atoms with Gasteiger partial charge in [-0.3, -0.25) is 9.59 Å². The predicted octanol–water partition coefficient (Wildman–Crippen LogP) is 1.18. The summed E-state index contributed by atoms with van der Waals surface area (Å²) in [7, 11) is 0. The molecule has 1 aliphatic carbocycles. The van der Waals surface area contributed by atoms with Gasteiger partial charge in [-0.1, -0.05) is 6.42 Å². The molecule has 0 radical (unpaired) electrons. The summed E-state index contributed by atoms with van der Waals surface area (Å²) in [5.74, 6) is -0.657. The number of carbonyl (C=O) groups is 1. The van der Waals surface area contributed by atoms with Crippen LogP contribution in [-0.2, 0) is 11.3 Å². The van der Waals surface area contributed by atoms with Gasteiger partial charge in [-0.25, -0.2) is 4.98 Å². The quantitative estimate of drug-likeness (QED) is 0.835. The first-order valence-corrected chi connectivity index (χ1v) is 6.65. The minimum Gasteiger partial charge on any atom is -0.481 e. The van der Waals surface area contributed by atoms with Crippen LogP contribution in [0.3, 0.4) is 0 Å². The molecule has 1 fully saturated rings. The zero-order chi connectivity index (χ0) is 13.8. The molecule has 0 saturated heterocycles. The lowest BCUT2D eigenvalue weighted by molar-refractivity contribution is -0.142. The highest BCUT2D eigenvalue weighted by atomic mass is 16.4. The fourth-order valence-electron chi connectivity index (χ4n) is 2.65. The van der Waals surface area contributed by atoms with Gasteiger partial charge in [0.25, 0.3) is 5.56 Å². The molecule has 1 heterocycles. The van der Waals surface area contributed by atoms with Gasteiger partial charge in [0.05, 0.1) is 5.92 Å². The minimum atomic E-state index is -0.740. The first-order valence-electron chi connectivity index (χ1n) is 6.65. The summed E-state index contributed by atoms with van der Waals surface area (Å²) in [6.07, 6.45) is 5.77. The summed E-state index contributed by atoms with van der Waals surface area (Å²) in [6, 6.07) is 0. The number of nitrogens with zero attached hydrogens (tertiary/aromatic N) is 2. The number of rotatable bonds is 5. The van der Waals surface area contributed by atoms with Gasteiger partial charge in [0.15, 0.2) is 5.82 Å². The second kappa shape index (κ2) is 5.86. The van der Waals surface area contributed by atoms with Crippen LogP contribution in [0.2, 0.25) is 0 Å². The molecule has 19 heavy (non-hydrogen) atoms. The fraction of sp³-hybridized carbons (Fsp3) is 0.615. The van der Waals surface area contributed by atoms with Gasteiger partial charge in [-0.05, 0) is 25.7 Å². The molecule has 0 spiro atoms. The van der Waals surface area contributed by atoms with E-state index in [1.165, 1.54) is 0 Å². The second-order valence-electron chi connectivity index (χ2n) is 4.88. The van der Waals surface area contributed by atoms with Gasteiger partial charge in [-0.2, -0.15) is 0 Å². The summed E-state index contributed by atoms with van der Waals surface area (Å²) < 4.78 is 1.57. The van der Waals surface area contributed by atoms with Crippen molar-refractivity contribution < 1.29 is 9.90 Å². The Balaban J connectivity index is 2.03. The lowest BCUT2D eigenvalue weighted by atomic mass is 9.96. The number of hydrogen-bond donors (Lipinski definition) is 2. The normalized spacial score (nSPS) is 22.4. The predicted molar refractivity (Wildman–Crippen MR) is 71.1 cm³/mol. The molecule has 6 heteroatoms. The van der Waals surface area contributed by atoms with Crippen LogP contribution in [0.1, 0.15) is 26.2 Å². The lowest BCUT2D eigenvalue weighted by Gasteiger charge is -2.16. The Labute approximate surface area is 111 Å². The van der Waals surface area contributed by atoms with Crippen molar-refractivity contribution in [3.8, 4) is 0 Å². The molecule has 0 bridgehead atoms. The van der Waals surface area contributed by atoms with Gasteiger partial charge >= 0.3 is 5.97 Å². The van der Waals surface area contributed by atoms with Crippen molar-refractivity contribution in [1.82, 2.24) is 9.55 Å². The molecule has 2 atom stereocenters. The third kappa shape index (κ3) is 2.94. The van der Waals surface area contributed by atoms with Crippen molar-refractivity contribution in [2.24, 2.45) is 11.8 Å². The van der Waals surface area contributed by atoms with Crippen molar-refractivity contribution >= 4 is 11.8 Å². The Morgan fingerprint density at radius 1 is 1.58 bits per heavy atom. The van der Waals surface area contributed by atoms with Crippen LogP contribution in [-0.4, -0.2) is 27.2 Å². The van der Waals surface area contributed by atoms with E-state index in [0.717, 1.165) is 19.3 Å². The first-order chi connectivity index (χ1) is 9.13. The van der Waals surface area contributed by atoms with Crippen LogP contribution in [0.15, 0.2) is 17.2 Å². The number of carboxylic acids is 1. The number of aryl methyl sites for hydroxylation is 1. The van der Waals surface area contributed by atoms with Gasteiger partial charge < -0.3 is 15.0 Å².